The van der Waals surface area contributed by atoms with Gasteiger partial charge in [0.2, 0.25) is 5.91 Å². The minimum absolute atomic E-state index is 0.114. The molecule has 1 amide bonds. The van der Waals surface area contributed by atoms with E-state index in [1.807, 2.05) is 0 Å². The molecule has 3 aromatic carbocycles. The molecule has 0 unspecified atom stereocenters. The molecule has 0 fully saturated rings. The quantitative estimate of drug-likeness (QED) is 0.524. The molecule has 9 heteroatoms. The molecule has 0 saturated heterocycles. The molecule has 7 nitrogen and oxygen atoms in total. The summed E-state index contributed by atoms with van der Waals surface area (Å²) in [5.41, 5.74) is 1.74. The standard InChI is InChI=1S/C23H23ClN2O5S/c1-26(32(28,29)20-11-6-17(24)7-12-20)18-8-4-16(5-9-18)14-23(27)25-21-13-10-19(30-2)15-22(21)31-3/h4-13,15H,14H2,1-3H3,(H,25,27). The second kappa shape index (κ2) is 9.93. The Balaban J connectivity index is 1.69. The van der Waals surface area contributed by atoms with Crippen molar-refractivity contribution in [3.05, 3.63) is 77.3 Å². The molecule has 0 bridgehead atoms. The summed E-state index contributed by atoms with van der Waals surface area (Å²) in [7, 11) is 0.808. The third-order valence-electron chi connectivity index (χ3n) is 4.82. The lowest BCUT2D eigenvalue weighted by Gasteiger charge is -2.20. The van der Waals surface area contributed by atoms with Crippen LogP contribution in [0.3, 0.4) is 0 Å². The topological polar surface area (TPSA) is 84.9 Å². The number of rotatable bonds is 8. The van der Waals surface area contributed by atoms with Crippen LogP contribution < -0.4 is 19.1 Å². The third-order valence-corrected chi connectivity index (χ3v) is 6.87. The average molecular weight is 475 g/mol. The molecule has 3 aromatic rings. The predicted octanol–water partition coefficient (Wildman–Crippen LogP) is 4.36. The first-order valence-electron chi connectivity index (χ1n) is 9.60. The van der Waals surface area contributed by atoms with Crippen molar-refractivity contribution < 1.29 is 22.7 Å². The molecular formula is C23H23ClN2O5S. The van der Waals surface area contributed by atoms with E-state index in [0.717, 1.165) is 5.56 Å². The van der Waals surface area contributed by atoms with Gasteiger partial charge in [-0.2, -0.15) is 0 Å². The van der Waals surface area contributed by atoms with Gasteiger partial charge in [0.05, 0.1) is 36.9 Å². The van der Waals surface area contributed by atoms with Gasteiger partial charge < -0.3 is 14.8 Å². The number of nitrogens with one attached hydrogen (secondary N) is 1. The summed E-state index contributed by atoms with van der Waals surface area (Å²) in [6, 6.07) is 17.8. The molecule has 3 rings (SSSR count). The Morgan fingerprint density at radius 3 is 2.22 bits per heavy atom. The zero-order valence-electron chi connectivity index (χ0n) is 17.8. The first-order chi connectivity index (χ1) is 15.2. The van der Waals surface area contributed by atoms with Crippen LogP contribution in [0.1, 0.15) is 5.56 Å². The number of anilines is 2. The van der Waals surface area contributed by atoms with Crippen LogP contribution in [-0.4, -0.2) is 35.6 Å². The van der Waals surface area contributed by atoms with Crippen molar-refractivity contribution in [1.82, 2.24) is 0 Å². The van der Waals surface area contributed by atoms with Gasteiger partial charge in [0.1, 0.15) is 11.5 Å². The van der Waals surface area contributed by atoms with Crippen molar-refractivity contribution in [3.8, 4) is 11.5 Å². The van der Waals surface area contributed by atoms with E-state index in [9.17, 15) is 13.2 Å². The summed E-state index contributed by atoms with van der Waals surface area (Å²) in [6.45, 7) is 0. The summed E-state index contributed by atoms with van der Waals surface area (Å²) in [5.74, 6) is 0.874. The van der Waals surface area contributed by atoms with Crippen LogP contribution in [0.4, 0.5) is 11.4 Å². The van der Waals surface area contributed by atoms with Gasteiger partial charge in [-0.3, -0.25) is 9.10 Å². The third kappa shape index (κ3) is 5.33. The molecule has 0 aliphatic carbocycles. The SMILES string of the molecule is COc1ccc(NC(=O)Cc2ccc(N(C)S(=O)(=O)c3ccc(Cl)cc3)cc2)c(OC)c1. The van der Waals surface area contributed by atoms with E-state index in [1.54, 1.807) is 49.6 Å². The fraction of sp³-hybridized carbons (Fsp3) is 0.174. The average Bonchev–Trinajstić information content (AvgIpc) is 2.79. The Kier molecular flexibility index (Phi) is 7.27. The first-order valence-corrected chi connectivity index (χ1v) is 11.4. The van der Waals surface area contributed by atoms with Crippen LogP contribution in [0.15, 0.2) is 71.6 Å². The molecule has 0 saturated carbocycles. The van der Waals surface area contributed by atoms with E-state index in [1.165, 1.54) is 42.7 Å². The van der Waals surface area contributed by atoms with Crippen molar-refractivity contribution in [3.63, 3.8) is 0 Å². The molecule has 0 aliphatic heterocycles. The maximum atomic E-state index is 12.8. The highest BCUT2D eigenvalue weighted by molar-refractivity contribution is 7.92. The minimum atomic E-state index is -3.73. The lowest BCUT2D eigenvalue weighted by Crippen LogP contribution is -2.26. The van der Waals surface area contributed by atoms with E-state index < -0.39 is 10.0 Å². The number of halogens is 1. The molecule has 1 N–H and O–H groups in total. The molecule has 0 aromatic heterocycles. The Morgan fingerprint density at radius 1 is 0.969 bits per heavy atom. The molecule has 0 radical (unpaired) electrons. The second-order valence-corrected chi connectivity index (χ2v) is 9.29. The monoisotopic (exact) mass is 474 g/mol. The van der Waals surface area contributed by atoms with E-state index in [2.05, 4.69) is 5.32 Å². The van der Waals surface area contributed by atoms with E-state index >= 15 is 0 Å². The van der Waals surface area contributed by atoms with Crippen LogP contribution >= 0.6 is 11.6 Å². The number of benzene rings is 3. The van der Waals surface area contributed by atoms with Gasteiger partial charge in [0, 0.05) is 18.1 Å². The van der Waals surface area contributed by atoms with Crippen LogP contribution in [0.2, 0.25) is 5.02 Å². The van der Waals surface area contributed by atoms with Crippen molar-refractivity contribution in [1.29, 1.82) is 0 Å². The highest BCUT2D eigenvalue weighted by Crippen LogP contribution is 2.29. The number of hydrogen-bond donors (Lipinski definition) is 1. The van der Waals surface area contributed by atoms with Crippen molar-refractivity contribution >= 4 is 38.9 Å². The number of hydrogen-bond acceptors (Lipinski definition) is 5. The van der Waals surface area contributed by atoms with E-state index in [0.29, 0.717) is 27.9 Å². The lowest BCUT2D eigenvalue weighted by atomic mass is 10.1. The van der Waals surface area contributed by atoms with Crippen molar-refractivity contribution in [2.45, 2.75) is 11.3 Å². The normalized spacial score (nSPS) is 11.0. The molecule has 0 heterocycles. The maximum Gasteiger partial charge on any atom is 0.264 e. The number of ether oxygens (including phenoxy) is 2. The van der Waals surface area contributed by atoms with Gasteiger partial charge in [0.25, 0.3) is 10.0 Å². The fourth-order valence-electron chi connectivity index (χ4n) is 3.01. The highest BCUT2D eigenvalue weighted by atomic mass is 35.5. The summed E-state index contributed by atoms with van der Waals surface area (Å²) in [6.07, 6.45) is 0.114. The Bertz CT molecular complexity index is 1200. The van der Waals surface area contributed by atoms with Crippen LogP contribution in [0.5, 0.6) is 11.5 Å². The number of carbonyl (C=O) groups excluding carboxylic acids is 1. The van der Waals surface area contributed by atoms with Gasteiger partial charge in [-0.15, -0.1) is 0 Å². The van der Waals surface area contributed by atoms with Crippen molar-refractivity contribution in [2.75, 3.05) is 30.9 Å². The molecule has 32 heavy (non-hydrogen) atoms. The number of carbonyl (C=O) groups is 1. The number of nitrogens with zero attached hydrogens (tertiary/aromatic N) is 1. The summed E-state index contributed by atoms with van der Waals surface area (Å²) in [5, 5.41) is 3.27. The minimum Gasteiger partial charge on any atom is -0.497 e. The van der Waals surface area contributed by atoms with Crippen molar-refractivity contribution in [2.24, 2.45) is 0 Å². The van der Waals surface area contributed by atoms with Gasteiger partial charge in [-0.25, -0.2) is 8.42 Å². The van der Waals surface area contributed by atoms with Crippen LogP contribution in [0.25, 0.3) is 0 Å². The Hall–Kier alpha value is -3.23. The molecular weight excluding hydrogens is 452 g/mol. The number of methoxy groups -OCH3 is 2. The lowest BCUT2D eigenvalue weighted by molar-refractivity contribution is -0.115. The zero-order valence-corrected chi connectivity index (χ0v) is 19.4. The van der Waals surface area contributed by atoms with Crippen LogP contribution in [-0.2, 0) is 21.2 Å². The Morgan fingerprint density at radius 2 is 1.62 bits per heavy atom. The maximum absolute atomic E-state index is 12.8. The van der Waals surface area contributed by atoms with Gasteiger partial charge >= 0.3 is 0 Å². The summed E-state index contributed by atoms with van der Waals surface area (Å²) < 4.78 is 37.3. The van der Waals surface area contributed by atoms with Gasteiger partial charge in [-0.05, 0) is 54.1 Å². The smallest absolute Gasteiger partial charge is 0.264 e. The number of sulfonamides is 1. The fourth-order valence-corrected chi connectivity index (χ4v) is 4.33. The molecule has 0 atom stereocenters. The van der Waals surface area contributed by atoms with Gasteiger partial charge in [0.15, 0.2) is 0 Å². The Labute approximate surface area is 192 Å². The number of amides is 1. The largest absolute Gasteiger partial charge is 0.497 e. The first kappa shape index (κ1) is 23.4. The molecule has 0 spiro atoms. The van der Waals surface area contributed by atoms with E-state index in [4.69, 9.17) is 21.1 Å². The molecule has 0 aliphatic rings. The zero-order chi connectivity index (χ0) is 23.3. The summed E-state index contributed by atoms with van der Waals surface area (Å²) >= 11 is 5.85. The molecule has 168 valence electrons. The second-order valence-electron chi connectivity index (χ2n) is 6.88. The van der Waals surface area contributed by atoms with E-state index in [-0.39, 0.29) is 17.2 Å². The summed E-state index contributed by atoms with van der Waals surface area (Å²) in [4.78, 5) is 12.6. The highest BCUT2D eigenvalue weighted by Gasteiger charge is 2.21. The van der Waals surface area contributed by atoms with Crippen LogP contribution in [0, 0.1) is 0 Å². The van der Waals surface area contributed by atoms with Gasteiger partial charge in [-0.1, -0.05) is 23.7 Å². The predicted molar refractivity (Wildman–Crippen MR) is 125 cm³/mol.